The first-order chi connectivity index (χ1) is 9.60. The molecular weight excluding hydrogens is 282 g/mol. The quantitative estimate of drug-likeness (QED) is 0.647. The minimum Gasteiger partial charge on any atom is -0.490 e. The van der Waals surface area contributed by atoms with E-state index in [1.165, 1.54) is 0 Å². The number of nitro groups is 1. The fourth-order valence-electron chi connectivity index (χ4n) is 1.54. The average Bonchev–Trinajstić information content (AvgIpc) is 2.35. The molecule has 0 saturated carbocycles. The van der Waals surface area contributed by atoms with Crippen molar-refractivity contribution in [3.63, 3.8) is 0 Å². The fraction of sp³-hybridized carbons (Fsp3) is 0.571. The molecule has 0 amide bonds. The first kappa shape index (κ1) is 17.3. The smallest absolute Gasteiger partial charge is 0.307 e. The number of hydrogen-bond donors (Lipinski definition) is 1. The molecule has 118 valence electrons. The Morgan fingerprint density at radius 2 is 1.95 bits per heavy atom. The maximum Gasteiger partial charge on any atom is 0.307 e. The molecule has 0 heterocycles. The van der Waals surface area contributed by atoms with Crippen molar-refractivity contribution in [2.24, 2.45) is 5.92 Å². The van der Waals surface area contributed by atoms with Gasteiger partial charge in [0.2, 0.25) is 5.82 Å². The van der Waals surface area contributed by atoms with E-state index < -0.39 is 22.2 Å². The average molecular weight is 302 g/mol. The molecule has 0 fully saturated rings. The Bertz CT molecular complexity index is 516. The maximum atomic E-state index is 13.6. The maximum absolute atomic E-state index is 13.6. The Hall–Kier alpha value is -1.76. The van der Waals surface area contributed by atoms with Gasteiger partial charge in [-0.15, -0.1) is 0 Å². The van der Waals surface area contributed by atoms with E-state index in [1.807, 2.05) is 27.7 Å². The molecule has 0 bridgehead atoms. The zero-order valence-corrected chi connectivity index (χ0v) is 12.6. The third kappa shape index (κ3) is 5.63. The molecule has 0 aliphatic carbocycles. The summed E-state index contributed by atoms with van der Waals surface area (Å²) in [5.41, 5.74) is -0.943. The van der Waals surface area contributed by atoms with E-state index in [4.69, 9.17) is 4.74 Å². The van der Waals surface area contributed by atoms with Crippen molar-refractivity contribution >= 4 is 5.69 Å². The van der Waals surface area contributed by atoms with Crippen LogP contribution in [-0.4, -0.2) is 23.6 Å². The molecule has 1 aromatic carbocycles. The topological polar surface area (TPSA) is 64.4 Å². The molecular formula is C14H20F2N2O3. The molecule has 1 unspecified atom stereocenters. The van der Waals surface area contributed by atoms with Crippen LogP contribution in [0.15, 0.2) is 12.1 Å². The highest BCUT2D eigenvalue weighted by molar-refractivity contribution is 5.39. The van der Waals surface area contributed by atoms with Gasteiger partial charge < -0.3 is 10.1 Å². The zero-order chi connectivity index (χ0) is 16.2. The lowest BCUT2D eigenvalue weighted by atomic mass is 10.1. The highest BCUT2D eigenvalue weighted by Gasteiger charge is 2.20. The van der Waals surface area contributed by atoms with Crippen molar-refractivity contribution < 1.29 is 18.4 Å². The van der Waals surface area contributed by atoms with Crippen LogP contribution in [0, 0.1) is 27.7 Å². The molecule has 0 saturated heterocycles. The van der Waals surface area contributed by atoms with Gasteiger partial charge in [-0.2, -0.15) is 4.39 Å². The Morgan fingerprint density at radius 3 is 2.48 bits per heavy atom. The van der Waals surface area contributed by atoms with Gasteiger partial charge >= 0.3 is 5.69 Å². The molecule has 21 heavy (non-hydrogen) atoms. The standard InChI is InChI=1S/C14H20F2N2O3/c1-9(7-17-14(2,3)4)8-21-13-6-10(15)12(18(19)20)5-11(13)16/h5-6,9,17H,7-8H2,1-4H3. The highest BCUT2D eigenvalue weighted by atomic mass is 19.1. The lowest BCUT2D eigenvalue weighted by Gasteiger charge is -2.23. The highest BCUT2D eigenvalue weighted by Crippen LogP contribution is 2.26. The van der Waals surface area contributed by atoms with E-state index >= 15 is 0 Å². The van der Waals surface area contributed by atoms with E-state index in [0.717, 1.165) is 0 Å². The van der Waals surface area contributed by atoms with Crippen molar-refractivity contribution in [3.05, 3.63) is 33.9 Å². The number of nitro benzene ring substituents is 1. The van der Waals surface area contributed by atoms with Gasteiger partial charge in [-0.05, 0) is 20.8 Å². The number of benzene rings is 1. The van der Waals surface area contributed by atoms with E-state index in [9.17, 15) is 18.9 Å². The minimum absolute atomic E-state index is 0.0427. The SMILES string of the molecule is CC(CNC(C)(C)C)COc1cc(F)c([N+](=O)[O-])cc1F. The number of ether oxygens (including phenoxy) is 1. The van der Waals surface area contributed by atoms with Crippen LogP contribution in [0.2, 0.25) is 0 Å². The molecule has 7 heteroatoms. The summed E-state index contributed by atoms with van der Waals surface area (Å²) in [6, 6.07) is 1.24. The second kappa shape index (κ2) is 6.80. The van der Waals surface area contributed by atoms with Crippen LogP contribution >= 0.6 is 0 Å². The van der Waals surface area contributed by atoms with Crippen LogP contribution in [0.1, 0.15) is 27.7 Å². The molecule has 5 nitrogen and oxygen atoms in total. The zero-order valence-electron chi connectivity index (χ0n) is 12.6. The molecule has 0 aromatic heterocycles. The molecule has 1 atom stereocenters. The van der Waals surface area contributed by atoms with Gasteiger partial charge in [-0.25, -0.2) is 4.39 Å². The van der Waals surface area contributed by atoms with E-state index in [0.29, 0.717) is 18.7 Å². The first-order valence-electron chi connectivity index (χ1n) is 6.61. The van der Waals surface area contributed by atoms with E-state index in [1.54, 1.807) is 0 Å². The van der Waals surface area contributed by atoms with Crippen molar-refractivity contribution in [1.82, 2.24) is 5.32 Å². The molecule has 1 N–H and O–H groups in total. The van der Waals surface area contributed by atoms with Crippen molar-refractivity contribution in [1.29, 1.82) is 0 Å². The number of halogens is 2. The summed E-state index contributed by atoms with van der Waals surface area (Å²) in [5.74, 6) is -2.31. The normalized spacial score (nSPS) is 13.0. The van der Waals surface area contributed by atoms with E-state index in [-0.39, 0.29) is 23.8 Å². The van der Waals surface area contributed by atoms with Crippen LogP contribution in [-0.2, 0) is 0 Å². The third-order valence-corrected chi connectivity index (χ3v) is 2.70. The van der Waals surface area contributed by atoms with Crippen LogP contribution in [0.25, 0.3) is 0 Å². The van der Waals surface area contributed by atoms with Gasteiger partial charge in [0.1, 0.15) is 0 Å². The van der Waals surface area contributed by atoms with Crippen LogP contribution < -0.4 is 10.1 Å². The summed E-state index contributed by atoms with van der Waals surface area (Å²) in [7, 11) is 0. The Balaban J connectivity index is 2.64. The fourth-order valence-corrected chi connectivity index (χ4v) is 1.54. The van der Waals surface area contributed by atoms with Crippen LogP contribution in [0.5, 0.6) is 5.75 Å². The van der Waals surface area contributed by atoms with Gasteiger partial charge in [-0.1, -0.05) is 6.92 Å². The predicted molar refractivity (Wildman–Crippen MR) is 75.4 cm³/mol. The van der Waals surface area contributed by atoms with Crippen molar-refractivity contribution in [2.45, 2.75) is 33.2 Å². The second-order valence-electron chi connectivity index (χ2n) is 6.04. The summed E-state index contributed by atoms with van der Waals surface area (Å²) >= 11 is 0. The largest absolute Gasteiger partial charge is 0.490 e. The van der Waals surface area contributed by atoms with E-state index in [2.05, 4.69) is 5.32 Å². The first-order valence-corrected chi connectivity index (χ1v) is 6.61. The van der Waals surface area contributed by atoms with Crippen molar-refractivity contribution in [2.75, 3.05) is 13.2 Å². The molecule has 1 rings (SSSR count). The molecule has 1 aromatic rings. The summed E-state index contributed by atoms with van der Waals surface area (Å²) in [6.07, 6.45) is 0. The van der Waals surface area contributed by atoms with Gasteiger partial charge in [0.25, 0.3) is 0 Å². The van der Waals surface area contributed by atoms with Gasteiger partial charge in [0.05, 0.1) is 17.6 Å². The van der Waals surface area contributed by atoms with Crippen molar-refractivity contribution in [3.8, 4) is 5.75 Å². The summed E-state index contributed by atoms with van der Waals surface area (Å²) < 4.78 is 32.2. The Labute approximate surface area is 122 Å². The lowest BCUT2D eigenvalue weighted by molar-refractivity contribution is -0.387. The molecule has 0 aliphatic heterocycles. The molecule has 0 spiro atoms. The summed E-state index contributed by atoms with van der Waals surface area (Å²) in [5, 5.41) is 13.8. The second-order valence-corrected chi connectivity index (χ2v) is 6.04. The minimum atomic E-state index is -1.11. The van der Waals surface area contributed by atoms with Gasteiger partial charge in [-0.3, -0.25) is 10.1 Å². The van der Waals surface area contributed by atoms with Gasteiger partial charge in [0.15, 0.2) is 11.6 Å². The lowest BCUT2D eigenvalue weighted by Crippen LogP contribution is -2.39. The number of nitrogens with one attached hydrogen (secondary N) is 1. The monoisotopic (exact) mass is 302 g/mol. The van der Waals surface area contributed by atoms with Gasteiger partial charge in [0, 0.05) is 24.1 Å². The van der Waals surface area contributed by atoms with Crippen LogP contribution in [0.4, 0.5) is 14.5 Å². The summed E-state index contributed by atoms with van der Waals surface area (Å²) in [6.45, 7) is 8.79. The number of hydrogen-bond acceptors (Lipinski definition) is 4. The molecule has 0 radical (unpaired) electrons. The third-order valence-electron chi connectivity index (χ3n) is 2.70. The summed E-state index contributed by atoms with van der Waals surface area (Å²) in [4.78, 5) is 9.51. The van der Waals surface area contributed by atoms with Crippen LogP contribution in [0.3, 0.4) is 0 Å². The number of nitrogens with zero attached hydrogens (tertiary/aromatic N) is 1. The number of rotatable bonds is 6. The predicted octanol–water partition coefficient (Wildman–Crippen LogP) is 3.28. The Morgan fingerprint density at radius 1 is 1.33 bits per heavy atom. The molecule has 0 aliphatic rings. The Kier molecular flexibility index (Phi) is 5.60.